The lowest BCUT2D eigenvalue weighted by atomic mass is 9.77. The van der Waals surface area contributed by atoms with E-state index in [1.54, 1.807) is 4.91 Å². The molecule has 17 heavy (non-hydrogen) atoms. The minimum Gasteiger partial charge on any atom is -0.380 e. The van der Waals surface area contributed by atoms with Crippen LogP contribution in [-0.4, -0.2) is 31.0 Å². The van der Waals surface area contributed by atoms with Crippen LogP contribution in [0.2, 0.25) is 0 Å². The molecule has 2 heteroatoms. The Morgan fingerprint density at radius 1 is 1.24 bits per heavy atom. The molecule has 0 saturated carbocycles. The van der Waals surface area contributed by atoms with Crippen LogP contribution in [-0.2, 0) is 4.74 Å². The van der Waals surface area contributed by atoms with Crippen LogP contribution in [0.4, 0.5) is 0 Å². The highest BCUT2D eigenvalue weighted by molar-refractivity contribution is 8.36. The number of rotatable bonds is 1. The third kappa shape index (κ3) is 2.97. The van der Waals surface area contributed by atoms with Crippen molar-refractivity contribution in [2.24, 2.45) is 11.3 Å². The average molecular weight is 254 g/mol. The van der Waals surface area contributed by atoms with Crippen LogP contribution in [0.1, 0.15) is 27.2 Å². The molecule has 1 fully saturated rings. The third-order valence-electron chi connectivity index (χ3n) is 4.10. The van der Waals surface area contributed by atoms with Crippen molar-refractivity contribution in [1.29, 1.82) is 0 Å². The average Bonchev–Trinajstić information content (AvgIpc) is 2.29. The maximum absolute atomic E-state index is 5.50. The van der Waals surface area contributed by atoms with Gasteiger partial charge in [-0.1, -0.05) is 39.0 Å². The standard InChI is InChI=1S/C15H26OS/c1-15(2,3)13-5-7-14(8-6-13)17(4)11-9-16-10-12-17/h5,7-8,13H,6,9-12H2,1-4H3. The lowest BCUT2D eigenvalue weighted by Crippen LogP contribution is -2.25. The summed E-state index contributed by atoms with van der Waals surface area (Å²) in [7, 11) is -0.562. The Kier molecular flexibility index (Phi) is 3.74. The third-order valence-corrected chi connectivity index (χ3v) is 7.68. The van der Waals surface area contributed by atoms with Gasteiger partial charge in [0.1, 0.15) is 0 Å². The Labute approximate surface area is 108 Å². The molecule has 98 valence electrons. The van der Waals surface area contributed by atoms with E-state index < -0.39 is 10.0 Å². The Morgan fingerprint density at radius 3 is 2.35 bits per heavy atom. The molecule has 2 rings (SSSR count). The molecule has 0 aromatic rings. The number of hydrogen-bond acceptors (Lipinski definition) is 1. The number of ether oxygens (including phenoxy) is 1. The van der Waals surface area contributed by atoms with Crippen LogP contribution in [0.3, 0.4) is 0 Å². The molecule has 0 bridgehead atoms. The van der Waals surface area contributed by atoms with Crippen LogP contribution < -0.4 is 0 Å². The van der Waals surface area contributed by atoms with Crippen LogP contribution in [0.5, 0.6) is 0 Å². The summed E-state index contributed by atoms with van der Waals surface area (Å²) in [5.74, 6) is 3.21. The van der Waals surface area contributed by atoms with Crippen molar-refractivity contribution < 1.29 is 4.74 Å². The molecule has 1 aliphatic carbocycles. The number of hydrogen-bond donors (Lipinski definition) is 0. The summed E-state index contributed by atoms with van der Waals surface area (Å²) in [6.45, 7) is 8.93. The minimum atomic E-state index is -0.562. The maximum atomic E-state index is 5.50. The highest BCUT2D eigenvalue weighted by Crippen LogP contribution is 2.55. The Hall–Kier alpha value is -0.210. The van der Waals surface area contributed by atoms with Crippen molar-refractivity contribution in [3.05, 3.63) is 23.1 Å². The van der Waals surface area contributed by atoms with Gasteiger partial charge in [0, 0.05) is 11.5 Å². The van der Waals surface area contributed by atoms with Crippen molar-refractivity contribution in [1.82, 2.24) is 0 Å². The fourth-order valence-corrected chi connectivity index (χ4v) is 5.09. The van der Waals surface area contributed by atoms with Gasteiger partial charge in [0.25, 0.3) is 0 Å². The smallest absolute Gasteiger partial charge is 0.0545 e. The molecule has 2 aliphatic rings. The van der Waals surface area contributed by atoms with Gasteiger partial charge in [0.05, 0.1) is 13.2 Å². The summed E-state index contributed by atoms with van der Waals surface area (Å²) >= 11 is 0. The predicted molar refractivity (Wildman–Crippen MR) is 78.9 cm³/mol. The molecule has 1 nitrogen and oxygen atoms in total. The summed E-state index contributed by atoms with van der Waals surface area (Å²) in [6.07, 6.45) is 11.1. The van der Waals surface area contributed by atoms with E-state index in [4.69, 9.17) is 4.74 Å². The molecule has 1 unspecified atom stereocenters. The first-order valence-electron chi connectivity index (χ1n) is 6.62. The molecule has 0 aromatic carbocycles. The maximum Gasteiger partial charge on any atom is 0.0545 e. The molecule has 1 heterocycles. The van der Waals surface area contributed by atoms with E-state index in [2.05, 4.69) is 45.3 Å². The van der Waals surface area contributed by atoms with Crippen LogP contribution in [0.15, 0.2) is 23.1 Å². The van der Waals surface area contributed by atoms with E-state index >= 15 is 0 Å². The van der Waals surface area contributed by atoms with Crippen LogP contribution in [0, 0.1) is 11.3 Å². The second-order valence-electron chi connectivity index (χ2n) is 6.47. The van der Waals surface area contributed by atoms with Gasteiger partial charge in [0.15, 0.2) is 0 Å². The highest BCUT2D eigenvalue weighted by Gasteiger charge is 2.29. The van der Waals surface area contributed by atoms with Gasteiger partial charge < -0.3 is 4.74 Å². The number of allylic oxidation sites excluding steroid dienone is 3. The monoisotopic (exact) mass is 254 g/mol. The molecular formula is C15H26OS. The summed E-state index contributed by atoms with van der Waals surface area (Å²) in [6, 6.07) is 0. The quantitative estimate of drug-likeness (QED) is 0.688. The van der Waals surface area contributed by atoms with Gasteiger partial charge in [0.2, 0.25) is 0 Å². The second-order valence-corrected chi connectivity index (χ2v) is 10.3. The lowest BCUT2D eigenvalue weighted by molar-refractivity contribution is 0.159. The van der Waals surface area contributed by atoms with Gasteiger partial charge >= 0.3 is 0 Å². The first-order chi connectivity index (χ1) is 7.92. The topological polar surface area (TPSA) is 9.23 Å². The zero-order valence-electron chi connectivity index (χ0n) is 11.7. The van der Waals surface area contributed by atoms with E-state index in [0.29, 0.717) is 11.3 Å². The molecule has 0 spiro atoms. The van der Waals surface area contributed by atoms with Gasteiger partial charge in [-0.2, -0.15) is 0 Å². The summed E-state index contributed by atoms with van der Waals surface area (Å²) in [4.78, 5) is 1.63. The van der Waals surface area contributed by atoms with E-state index in [1.165, 1.54) is 17.9 Å². The zero-order chi connectivity index (χ0) is 12.5. The molecule has 0 N–H and O–H groups in total. The van der Waals surface area contributed by atoms with E-state index in [0.717, 1.165) is 13.2 Å². The molecule has 0 amide bonds. The fraction of sp³-hybridized carbons (Fsp3) is 0.733. The fourth-order valence-electron chi connectivity index (χ4n) is 2.53. The molecule has 1 atom stereocenters. The van der Waals surface area contributed by atoms with Crippen molar-refractivity contribution in [3.8, 4) is 0 Å². The summed E-state index contributed by atoms with van der Waals surface area (Å²) < 4.78 is 5.50. The summed E-state index contributed by atoms with van der Waals surface area (Å²) in [5.41, 5.74) is 0.393. The van der Waals surface area contributed by atoms with E-state index in [1.807, 2.05) is 0 Å². The van der Waals surface area contributed by atoms with Crippen molar-refractivity contribution in [3.63, 3.8) is 0 Å². The van der Waals surface area contributed by atoms with Gasteiger partial charge in [-0.05, 0) is 28.9 Å². The van der Waals surface area contributed by atoms with E-state index in [9.17, 15) is 0 Å². The Balaban J connectivity index is 2.06. The zero-order valence-corrected chi connectivity index (χ0v) is 12.5. The van der Waals surface area contributed by atoms with E-state index in [-0.39, 0.29) is 0 Å². The van der Waals surface area contributed by atoms with Crippen molar-refractivity contribution >= 4 is 10.0 Å². The lowest BCUT2D eigenvalue weighted by Gasteiger charge is -2.42. The van der Waals surface area contributed by atoms with Crippen LogP contribution >= 0.6 is 10.0 Å². The molecule has 1 aliphatic heterocycles. The predicted octanol–water partition coefficient (Wildman–Crippen LogP) is 3.96. The summed E-state index contributed by atoms with van der Waals surface area (Å²) in [5, 5.41) is 0. The van der Waals surface area contributed by atoms with Crippen LogP contribution in [0.25, 0.3) is 0 Å². The normalized spacial score (nSPS) is 30.8. The second kappa shape index (κ2) is 4.81. The van der Waals surface area contributed by atoms with Gasteiger partial charge in [-0.25, -0.2) is 10.0 Å². The van der Waals surface area contributed by atoms with Crippen molar-refractivity contribution in [2.45, 2.75) is 27.2 Å². The molecule has 0 radical (unpaired) electrons. The molecule has 1 saturated heterocycles. The van der Waals surface area contributed by atoms with Gasteiger partial charge in [-0.3, -0.25) is 0 Å². The highest BCUT2D eigenvalue weighted by atomic mass is 32.3. The molecular weight excluding hydrogens is 228 g/mol. The largest absolute Gasteiger partial charge is 0.380 e. The Bertz CT molecular complexity index is 329. The SMILES string of the molecule is CC(C)(C)C1C=CC(S2(C)CCOCC2)=CC1. The van der Waals surface area contributed by atoms with Gasteiger partial charge in [-0.15, -0.1) is 0 Å². The first-order valence-corrected chi connectivity index (χ1v) is 9.00. The van der Waals surface area contributed by atoms with Crippen molar-refractivity contribution in [2.75, 3.05) is 31.0 Å². The Morgan fingerprint density at radius 2 is 1.88 bits per heavy atom. The minimum absolute atomic E-state index is 0.393. The molecule has 0 aromatic heterocycles. The first kappa shape index (κ1) is 13.2.